The van der Waals surface area contributed by atoms with Gasteiger partial charge in [-0.05, 0) is 37.6 Å². The van der Waals surface area contributed by atoms with Crippen LogP contribution in [0.25, 0.3) is 0 Å². The standard InChI is InChI=1S/C14H22N2O2S/c1-2-16(8-5-12-4-3-11-19-12)13(17)14(15)6-9-18-10-7-14/h3-4,11H,2,5-10,15H2,1H3. The van der Waals surface area contributed by atoms with E-state index < -0.39 is 5.54 Å². The lowest BCUT2D eigenvalue weighted by Crippen LogP contribution is -2.58. The van der Waals surface area contributed by atoms with Crippen molar-refractivity contribution in [1.29, 1.82) is 0 Å². The van der Waals surface area contributed by atoms with Gasteiger partial charge in [0, 0.05) is 31.2 Å². The van der Waals surface area contributed by atoms with Gasteiger partial charge in [-0.2, -0.15) is 0 Å². The molecule has 1 aliphatic heterocycles. The highest BCUT2D eigenvalue weighted by molar-refractivity contribution is 7.09. The van der Waals surface area contributed by atoms with Gasteiger partial charge in [-0.15, -0.1) is 11.3 Å². The van der Waals surface area contributed by atoms with Gasteiger partial charge in [0.05, 0.1) is 5.54 Å². The van der Waals surface area contributed by atoms with Gasteiger partial charge in [-0.3, -0.25) is 4.79 Å². The number of carbonyl (C=O) groups excluding carboxylic acids is 1. The lowest BCUT2D eigenvalue weighted by molar-refractivity contribution is -0.140. The highest BCUT2D eigenvalue weighted by Crippen LogP contribution is 2.21. The van der Waals surface area contributed by atoms with E-state index >= 15 is 0 Å². The molecule has 1 aliphatic rings. The first kappa shape index (κ1) is 14.5. The summed E-state index contributed by atoms with van der Waals surface area (Å²) in [5.41, 5.74) is 5.54. The van der Waals surface area contributed by atoms with Crippen LogP contribution in [0.15, 0.2) is 17.5 Å². The van der Waals surface area contributed by atoms with Gasteiger partial charge in [0.25, 0.3) is 0 Å². The van der Waals surface area contributed by atoms with Crippen LogP contribution >= 0.6 is 11.3 Å². The van der Waals surface area contributed by atoms with Gasteiger partial charge in [0.1, 0.15) is 0 Å². The number of rotatable bonds is 5. The SMILES string of the molecule is CCN(CCc1cccs1)C(=O)C1(N)CCOCC1. The molecule has 4 nitrogen and oxygen atoms in total. The predicted molar refractivity (Wildman–Crippen MR) is 77.2 cm³/mol. The molecule has 19 heavy (non-hydrogen) atoms. The fourth-order valence-electron chi connectivity index (χ4n) is 2.37. The van der Waals surface area contributed by atoms with Crippen LogP contribution in [0, 0.1) is 0 Å². The molecule has 0 aromatic carbocycles. The highest BCUT2D eigenvalue weighted by atomic mass is 32.1. The van der Waals surface area contributed by atoms with Crippen LogP contribution in [0.2, 0.25) is 0 Å². The summed E-state index contributed by atoms with van der Waals surface area (Å²) in [5.74, 6) is 0.0786. The van der Waals surface area contributed by atoms with E-state index in [0.29, 0.717) is 32.6 Å². The number of carbonyl (C=O) groups is 1. The molecule has 1 saturated heterocycles. The molecule has 106 valence electrons. The Hall–Kier alpha value is -0.910. The average Bonchev–Trinajstić information content (AvgIpc) is 2.93. The Kier molecular flexibility index (Phi) is 4.96. The quantitative estimate of drug-likeness (QED) is 0.893. The smallest absolute Gasteiger partial charge is 0.242 e. The minimum absolute atomic E-state index is 0.0786. The molecular weight excluding hydrogens is 260 g/mol. The fraction of sp³-hybridized carbons (Fsp3) is 0.643. The minimum atomic E-state index is -0.719. The lowest BCUT2D eigenvalue weighted by Gasteiger charge is -2.36. The van der Waals surface area contributed by atoms with Crippen LogP contribution in [0.4, 0.5) is 0 Å². The van der Waals surface area contributed by atoms with Crippen molar-refractivity contribution in [3.05, 3.63) is 22.4 Å². The topological polar surface area (TPSA) is 55.6 Å². The molecule has 1 aromatic rings. The predicted octanol–water partition coefficient (Wildman–Crippen LogP) is 1.65. The Morgan fingerprint density at radius 2 is 2.26 bits per heavy atom. The Morgan fingerprint density at radius 3 is 2.84 bits per heavy atom. The molecule has 2 heterocycles. The molecule has 0 aliphatic carbocycles. The van der Waals surface area contributed by atoms with Crippen LogP contribution in [0.3, 0.4) is 0 Å². The monoisotopic (exact) mass is 282 g/mol. The molecular formula is C14H22N2O2S. The molecule has 0 spiro atoms. The van der Waals surface area contributed by atoms with E-state index in [1.807, 2.05) is 17.9 Å². The summed E-state index contributed by atoms with van der Waals surface area (Å²) in [6, 6.07) is 4.15. The van der Waals surface area contributed by atoms with Crippen molar-refractivity contribution in [1.82, 2.24) is 4.90 Å². The maximum atomic E-state index is 12.6. The van der Waals surface area contributed by atoms with Gasteiger partial charge in [-0.25, -0.2) is 0 Å². The molecule has 2 rings (SSSR count). The zero-order chi connectivity index (χ0) is 13.7. The van der Waals surface area contributed by atoms with Crippen molar-refractivity contribution in [2.75, 3.05) is 26.3 Å². The Bertz CT molecular complexity index is 400. The van der Waals surface area contributed by atoms with E-state index in [9.17, 15) is 4.79 Å². The summed E-state index contributed by atoms with van der Waals surface area (Å²) < 4.78 is 5.30. The second-order valence-electron chi connectivity index (χ2n) is 4.98. The molecule has 0 saturated carbocycles. The fourth-order valence-corrected chi connectivity index (χ4v) is 3.07. The molecule has 2 N–H and O–H groups in total. The van der Waals surface area contributed by atoms with Crippen LogP contribution in [-0.2, 0) is 16.0 Å². The molecule has 5 heteroatoms. The van der Waals surface area contributed by atoms with Gasteiger partial charge >= 0.3 is 0 Å². The van der Waals surface area contributed by atoms with Crippen molar-refractivity contribution in [3.8, 4) is 0 Å². The van der Waals surface area contributed by atoms with E-state index in [1.54, 1.807) is 11.3 Å². The van der Waals surface area contributed by atoms with Gasteiger partial charge in [-0.1, -0.05) is 6.07 Å². The second kappa shape index (κ2) is 6.50. The van der Waals surface area contributed by atoms with Crippen LogP contribution in [0.5, 0.6) is 0 Å². The number of thiophene rings is 1. The van der Waals surface area contributed by atoms with Crippen molar-refractivity contribution in [2.24, 2.45) is 5.73 Å². The van der Waals surface area contributed by atoms with Crippen molar-refractivity contribution in [2.45, 2.75) is 31.7 Å². The van der Waals surface area contributed by atoms with Gasteiger partial charge in [0.2, 0.25) is 5.91 Å². The second-order valence-corrected chi connectivity index (χ2v) is 6.01. The third-order valence-corrected chi connectivity index (χ3v) is 4.62. The Labute approximate surface area is 118 Å². The molecule has 0 unspecified atom stereocenters. The summed E-state index contributed by atoms with van der Waals surface area (Å²) in [6.07, 6.45) is 2.16. The first-order valence-electron chi connectivity index (χ1n) is 6.84. The first-order valence-corrected chi connectivity index (χ1v) is 7.72. The molecule has 1 fully saturated rings. The maximum absolute atomic E-state index is 12.6. The summed E-state index contributed by atoms with van der Waals surface area (Å²) in [4.78, 5) is 15.7. The number of amides is 1. The van der Waals surface area contributed by atoms with E-state index in [2.05, 4.69) is 11.4 Å². The van der Waals surface area contributed by atoms with Crippen molar-refractivity contribution >= 4 is 17.2 Å². The number of likely N-dealkylation sites (N-methyl/N-ethyl adjacent to an activating group) is 1. The van der Waals surface area contributed by atoms with E-state index in [4.69, 9.17) is 10.5 Å². The molecule has 0 atom stereocenters. The van der Waals surface area contributed by atoms with Crippen LogP contribution in [0.1, 0.15) is 24.6 Å². The lowest BCUT2D eigenvalue weighted by atomic mass is 9.89. The molecule has 1 aromatic heterocycles. The largest absolute Gasteiger partial charge is 0.381 e. The minimum Gasteiger partial charge on any atom is -0.381 e. The third-order valence-electron chi connectivity index (χ3n) is 3.69. The van der Waals surface area contributed by atoms with E-state index in [1.165, 1.54) is 4.88 Å². The number of hydrogen-bond acceptors (Lipinski definition) is 4. The van der Waals surface area contributed by atoms with Crippen LogP contribution < -0.4 is 5.73 Å². The number of hydrogen-bond donors (Lipinski definition) is 1. The van der Waals surface area contributed by atoms with Crippen LogP contribution in [-0.4, -0.2) is 42.6 Å². The summed E-state index contributed by atoms with van der Waals surface area (Å²) in [5, 5.41) is 2.07. The normalized spacial score (nSPS) is 18.2. The summed E-state index contributed by atoms with van der Waals surface area (Å²) in [6.45, 7) is 4.64. The average molecular weight is 282 g/mol. The zero-order valence-corrected chi connectivity index (χ0v) is 12.2. The molecule has 0 radical (unpaired) electrons. The number of ether oxygens (including phenoxy) is 1. The van der Waals surface area contributed by atoms with Gasteiger partial charge in [0.15, 0.2) is 0 Å². The zero-order valence-electron chi connectivity index (χ0n) is 11.4. The summed E-state index contributed by atoms with van der Waals surface area (Å²) >= 11 is 1.73. The van der Waals surface area contributed by atoms with Crippen molar-refractivity contribution in [3.63, 3.8) is 0 Å². The first-order chi connectivity index (χ1) is 9.15. The van der Waals surface area contributed by atoms with E-state index in [0.717, 1.165) is 13.0 Å². The molecule has 0 bridgehead atoms. The highest BCUT2D eigenvalue weighted by Gasteiger charge is 2.38. The maximum Gasteiger partial charge on any atom is 0.242 e. The Balaban J connectivity index is 1.94. The van der Waals surface area contributed by atoms with E-state index in [-0.39, 0.29) is 5.91 Å². The number of nitrogens with two attached hydrogens (primary N) is 1. The molecule has 1 amide bonds. The Morgan fingerprint density at radius 1 is 1.53 bits per heavy atom. The number of nitrogens with zero attached hydrogens (tertiary/aromatic N) is 1. The summed E-state index contributed by atoms with van der Waals surface area (Å²) in [7, 11) is 0. The third kappa shape index (κ3) is 3.55. The van der Waals surface area contributed by atoms with Crippen molar-refractivity contribution < 1.29 is 9.53 Å². The van der Waals surface area contributed by atoms with Gasteiger partial charge < -0.3 is 15.4 Å².